The Morgan fingerprint density at radius 1 is 1.30 bits per heavy atom. The second kappa shape index (κ2) is 7.58. The third-order valence-electron chi connectivity index (χ3n) is 5.05. The molecule has 3 atom stereocenters. The lowest BCUT2D eigenvalue weighted by Crippen LogP contribution is -2.40. The lowest BCUT2D eigenvalue weighted by atomic mass is 10.1. The van der Waals surface area contributed by atoms with Crippen molar-refractivity contribution in [3.63, 3.8) is 0 Å². The van der Waals surface area contributed by atoms with Gasteiger partial charge in [0, 0.05) is 24.5 Å². The summed E-state index contributed by atoms with van der Waals surface area (Å²) in [6, 6.07) is 11.4. The summed E-state index contributed by atoms with van der Waals surface area (Å²) in [6.45, 7) is 0.675. The van der Waals surface area contributed by atoms with Gasteiger partial charge >= 0.3 is 0 Å². The van der Waals surface area contributed by atoms with E-state index in [2.05, 4.69) is 15.4 Å². The SMILES string of the molecule is O=C(N[C@@H]1CC(Cn2cc(Cl)cn2)C[C@H]1O)c1[nH]ccc1-c1ccccc1. The highest BCUT2D eigenvalue weighted by atomic mass is 35.5. The van der Waals surface area contributed by atoms with Crippen LogP contribution in [0.2, 0.25) is 5.02 Å². The first-order chi connectivity index (χ1) is 13.1. The van der Waals surface area contributed by atoms with E-state index in [1.165, 1.54) is 0 Å². The van der Waals surface area contributed by atoms with Crippen LogP contribution in [0.1, 0.15) is 23.3 Å². The zero-order chi connectivity index (χ0) is 18.8. The maximum absolute atomic E-state index is 12.8. The van der Waals surface area contributed by atoms with Gasteiger partial charge in [0.2, 0.25) is 0 Å². The van der Waals surface area contributed by atoms with Crippen LogP contribution in [0.15, 0.2) is 55.0 Å². The van der Waals surface area contributed by atoms with Crippen molar-refractivity contribution in [3.8, 4) is 11.1 Å². The molecule has 1 fully saturated rings. The Morgan fingerprint density at radius 3 is 2.85 bits per heavy atom. The fourth-order valence-corrected chi connectivity index (χ4v) is 3.94. The summed E-state index contributed by atoms with van der Waals surface area (Å²) in [6.07, 6.45) is 5.88. The van der Waals surface area contributed by atoms with Crippen molar-refractivity contribution in [2.45, 2.75) is 31.5 Å². The highest BCUT2D eigenvalue weighted by molar-refractivity contribution is 6.30. The first-order valence-corrected chi connectivity index (χ1v) is 9.37. The molecular weight excluding hydrogens is 364 g/mol. The van der Waals surface area contributed by atoms with Crippen molar-refractivity contribution < 1.29 is 9.90 Å². The van der Waals surface area contributed by atoms with Crippen LogP contribution in [0.25, 0.3) is 11.1 Å². The molecule has 7 heteroatoms. The minimum Gasteiger partial charge on any atom is -0.391 e. The zero-order valence-electron chi connectivity index (χ0n) is 14.7. The lowest BCUT2D eigenvalue weighted by Gasteiger charge is -2.16. The van der Waals surface area contributed by atoms with E-state index in [1.54, 1.807) is 23.3 Å². The topological polar surface area (TPSA) is 82.9 Å². The van der Waals surface area contributed by atoms with Crippen LogP contribution in [-0.4, -0.2) is 37.9 Å². The van der Waals surface area contributed by atoms with Crippen LogP contribution in [0.5, 0.6) is 0 Å². The molecule has 1 saturated carbocycles. The zero-order valence-corrected chi connectivity index (χ0v) is 15.4. The summed E-state index contributed by atoms with van der Waals surface area (Å²) in [4.78, 5) is 15.8. The minimum atomic E-state index is -0.569. The van der Waals surface area contributed by atoms with E-state index >= 15 is 0 Å². The van der Waals surface area contributed by atoms with E-state index < -0.39 is 6.10 Å². The van der Waals surface area contributed by atoms with Gasteiger partial charge in [-0.2, -0.15) is 5.10 Å². The van der Waals surface area contributed by atoms with Crippen molar-refractivity contribution in [1.82, 2.24) is 20.1 Å². The number of benzene rings is 1. The number of hydrogen-bond acceptors (Lipinski definition) is 3. The number of rotatable bonds is 5. The Balaban J connectivity index is 1.42. The maximum Gasteiger partial charge on any atom is 0.268 e. The Kier molecular flexibility index (Phi) is 5.01. The molecule has 4 rings (SSSR count). The monoisotopic (exact) mass is 384 g/mol. The number of nitrogens with zero attached hydrogens (tertiary/aromatic N) is 2. The molecule has 0 saturated heterocycles. The Labute approximate surface area is 162 Å². The van der Waals surface area contributed by atoms with Gasteiger partial charge in [-0.25, -0.2) is 0 Å². The molecule has 0 spiro atoms. The fraction of sp³-hybridized carbons (Fsp3) is 0.300. The molecule has 3 N–H and O–H groups in total. The van der Waals surface area contributed by atoms with Crippen LogP contribution in [0, 0.1) is 5.92 Å². The average Bonchev–Trinajstić information content (AvgIpc) is 3.37. The molecule has 27 heavy (non-hydrogen) atoms. The number of halogens is 1. The van der Waals surface area contributed by atoms with Crippen molar-refractivity contribution >= 4 is 17.5 Å². The van der Waals surface area contributed by atoms with E-state index in [0.717, 1.165) is 11.1 Å². The van der Waals surface area contributed by atoms with Gasteiger partial charge in [-0.1, -0.05) is 41.9 Å². The molecule has 1 aliphatic carbocycles. The van der Waals surface area contributed by atoms with Crippen LogP contribution >= 0.6 is 11.6 Å². The molecule has 140 valence electrons. The molecule has 2 aromatic heterocycles. The molecule has 2 heterocycles. The highest BCUT2D eigenvalue weighted by Gasteiger charge is 2.34. The van der Waals surface area contributed by atoms with E-state index in [0.29, 0.717) is 30.1 Å². The van der Waals surface area contributed by atoms with Gasteiger partial charge in [0.25, 0.3) is 5.91 Å². The number of nitrogens with one attached hydrogen (secondary N) is 2. The molecule has 1 aromatic carbocycles. The average molecular weight is 385 g/mol. The van der Waals surface area contributed by atoms with Crippen molar-refractivity contribution in [2.24, 2.45) is 5.92 Å². The molecule has 1 unspecified atom stereocenters. The van der Waals surface area contributed by atoms with Crippen LogP contribution < -0.4 is 5.32 Å². The summed E-state index contributed by atoms with van der Waals surface area (Å²) in [5.74, 6) is 0.0317. The van der Waals surface area contributed by atoms with Crippen LogP contribution in [0.3, 0.4) is 0 Å². The molecular formula is C20H21ClN4O2. The molecule has 1 aliphatic rings. The van der Waals surface area contributed by atoms with Gasteiger partial charge in [-0.3, -0.25) is 9.48 Å². The third kappa shape index (κ3) is 3.91. The largest absolute Gasteiger partial charge is 0.391 e. The normalized spacial score (nSPS) is 22.1. The molecule has 0 radical (unpaired) electrons. The maximum atomic E-state index is 12.8. The second-order valence-electron chi connectivity index (χ2n) is 7.00. The Morgan fingerprint density at radius 2 is 2.11 bits per heavy atom. The predicted molar refractivity (Wildman–Crippen MR) is 103 cm³/mol. The summed E-state index contributed by atoms with van der Waals surface area (Å²) < 4.78 is 1.78. The fourth-order valence-electron chi connectivity index (χ4n) is 3.78. The smallest absolute Gasteiger partial charge is 0.268 e. The highest BCUT2D eigenvalue weighted by Crippen LogP contribution is 2.29. The van der Waals surface area contributed by atoms with Gasteiger partial charge in [0.15, 0.2) is 0 Å². The van der Waals surface area contributed by atoms with Gasteiger partial charge in [0.05, 0.1) is 23.4 Å². The van der Waals surface area contributed by atoms with Crippen molar-refractivity contribution in [1.29, 1.82) is 0 Å². The van der Waals surface area contributed by atoms with Crippen molar-refractivity contribution in [2.75, 3.05) is 0 Å². The number of carbonyl (C=O) groups is 1. The molecule has 1 amide bonds. The number of aromatic amines is 1. The summed E-state index contributed by atoms with van der Waals surface area (Å²) in [5, 5.41) is 18.2. The van der Waals surface area contributed by atoms with E-state index in [9.17, 15) is 9.90 Å². The standard InChI is InChI=1S/C20H21ClN4O2/c21-15-10-23-25(12-15)11-13-8-17(18(26)9-13)24-20(27)19-16(6-7-22-19)14-4-2-1-3-5-14/h1-7,10,12-13,17-18,22,26H,8-9,11H2,(H,24,27)/t13?,17-,18-/m1/s1. The number of amides is 1. The van der Waals surface area contributed by atoms with Gasteiger partial charge in [0.1, 0.15) is 5.69 Å². The number of H-pyrrole nitrogens is 1. The second-order valence-corrected chi connectivity index (χ2v) is 7.43. The molecule has 6 nitrogen and oxygen atoms in total. The predicted octanol–water partition coefficient (Wildman–Crippen LogP) is 3.10. The van der Waals surface area contributed by atoms with E-state index in [4.69, 9.17) is 11.6 Å². The number of carbonyl (C=O) groups excluding carboxylic acids is 1. The Bertz CT molecular complexity index is 921. The first kappa shape index (κ1) is 17.8. The first-order valence-electron chi connectivity index (χ1n) is 9.00. The minimum absolute atomic E-state index is 0.203. The molecule has 0 bridgehead atoms. The van der Waals surface area contributed by atoms with Crippen LogP contribution in [0.4, 0.5) is 0 Å². The quantitative estimate of drug-likeness (QED) is 0.632. The Hall–Kier alpha value is -2.57. The number of aliphatic hydroxyl groups is 1. The van der Waals surface area contributed by atoms with E-state index in [-0.39, 0.29) is 17.9 Å². The summed E-state index contributed by atoms with van der Waals surface area (Å²) in [5.41, 5.74) is 2.34. The van der Waals surface area contributed by atoms with E-state index in [1.807, 2.05) is 36.4 Å². The van der Waals surface area contributed by atoms with Crippen molar-refractivity contribution in [3.05, 3.63) is 65.7 Å². The number of aromatic nitrogens is 3. The van der Waals surface area contributed by atoms with Gasteiger partial charge in [-0.05, 0) is 30.4 Å². The number of hydrogen-bond donors (Lipinski definition) is 3. The number of aliphatic hydroxyl groups excluding tert-OH is 1. The third-order valence-corrected chi connectivity index (χ3v) is 5.24. The summed E-state index contributed by atoms with van der Waals surface area (Å²) in [7, 11) is 0. The van der Waals surface area contributed by atoms with Gasteiger partial charge < -0.3 is 15.4 Å². The molecule has 3 aromatic rings. The lowest BCUT2D eigenvalue weighted by molar-refractivity contribution is 0.0869. The summed E-state index contributed by atoms with van der Waals surface area (Å²) >= 11 is 5.90. The van der Waals surface area contributed by atoms with Gasteiger partial charge in [-0.15, -0.1) is 0 Å². The van der Waals surface area contributed by atoms with Crippen LogP contribution in [-0.2, 0) is 6.54 Å². The molecule has 0 aliphatic heterocycles.